The van der Waals surface area contributed by atoms with Gasteiger partial charge in [-0.15, -0.1) is 0 Å². The normalized spacial score (nSPS) is 11.5. The van der Waals surface area contributed by atoms with Crippen molar-refractivity contribution in [3.63, 3.8) is 0 Å². The zero-order valence-corrected chi connectivity index (χ0v) is 17.1. The molecule has 0 aliphatic rings. The fraction of sp³-hybridized carbons (Fsp3) is 0.381. The Morgan fingerprint density at radius 2 is 1.89 bits per heavy atom. The lowest BCUT2D eigenvalue weighted by molar-refractivity contribution is 0.102. The number of benzene rings is 1. The van der Waals surface area contributed by atoms with Crippen molar-refractivity contribution in [2.75, 3.05) is 5.32 Å². The third-order valence-corrected chi connectivity index (χ3v) is 4.61. The standard InChI is InChI=1S/C21H27N5O2/c1-6-26-15(2)19(13-22-26)23-20(27)18-11-12-25(24-18)14-28-17-9-7-16(8-10-17)21(3,4)5/h7-13H,6,14H2,1-5H3,(H,23,27). The molecular formula is C21H27N5O2. The number of carbonyl (C=O) groups excluding carboxylic acids is 1. The van der Waals surface area contributed by atoms with Crippen molar-refractivity contribution in [2.45, 2.75) is 53.3 Å². The van der Waals surface area contributed by atoms with Gasteiger partial charge in [0.05, 0.1) is 17.6 Å². The van der Waals surface area contributed by atoms with Crippen molar-refractivity contribution in [2.24, 2.45) is 0 Å². The van der Waals surface area contributed by atoms with Gasteiger partial charge in [-0.05, 0) is 43.0 Å². The molecule has 7 heteroatoms. The van der Waals surface area contributed by atoms with E-state index in [1.54, 1.807) is 23.1 Å². The van der Waals surface area contributed by atoms with Crippen LogP contribution >= 0.6 is 0 Å². The summed E-state index contributed by atoms with van der Waals surface area (Å²) in [5.74, 6) is 0.490. The highest BCUT2D eigenvalue weighted by Crippen LogP contribution is 2.24. The number of rotatable bonds is 6. The largest absolute Gasteiger partial charge is 0.471 e. The van der Waals surface area contributed by atoms with Crippen LogP contribution < -0.4 is 10.1 Å². The number of carbonyl (C=O) groups is 1. The minimum Gasteiger partial charge on any atom is -0.471 e. The zero-order valence-electron chi connectivity index (χ0n) is 17.1. The van der Waals surface area contributed by atoms with Crippen LogP contribution in [0, 0.1) is 6.92 Å². The third-order valence-electron chi connectivity index (χ3n) is 4.61. The maximum Gasteiger partial charge on any atom is 0.276 e. The summed E-state index contributed by atoms with van der Waals surface area (Å²) >= 11 is 0. The molecule has 0 bridgehead atoms. The van der Waals surface area contributed by atoms with E-state index in [9.17, 15) is 4.79 Å². The van der Waals surface area contributed by atoms with Gasteiger partial charge in [0, 0.05) is 12.7 Å². The minimum absolute atomic E-state index is 0.106. The number of hydrogen-bond donors (Lipinski definition) is 1. The van der Waals surface area contributed by atoms with Gasteiger partial charge in [0.25, 0.3) is 5.91 Å². The molecule has 148 valence electrons. The Labute approximate surface area is 165 Å². The van der Waals surface area contributed by atoms with Crippen LogP contribution in [0.25, 0.3) is 0 Å². The first-order chi connectivity index (χ1) is 13.3. The molecule has 3 aromatic rings. The molecule has 2 aromatic heterocycles. The fourth-order valence-corrected chi connectivity index (χ4v) is 2.82. The van der Waals surface area contributed by atoms with Gasteiger partial charge >= 0.3 is 0 Å². The van der Waals surface area contributed by atoms with Crippen molar-refractivity contribution < 1.29 is 9.53 Å². The molecule has 0 spiro atoms. The summed E-state index contributed by atoms with van der Waals surface area (Å²) in [6, 6.07) is 9.70. The van der Waals surface area contributed by atoms with Crippen molar-refractivity contribution in [1.82, 2.24) is 19.6 Å². The van der Waals surface area contributed by atoms with Gasteiger partial charge in [-0.25, -0.2) is 4.68 Å². The Kier molecular flexibility index (Phi) is 5.53. The van der Waals surface area contributed by atoms with Crippen molar-refractivity contribution in [3.05, 3.63) is 59.7 Å². The third kappa shape index (κ3) is 4.42. The molecule has 0 radical (unpaired) electrons. The summed E-state index contributed by atoms with van der Waals surface area (Å²) in [7, 11) is 0. The van der Waals surface area contributed by atoms with Crippen molar-refractivity contribution in [3.8, 4) is 5.75 Å². The summed E-state index contributed by atoms with van der Waals surface area (Å²) in [6.45, 7) is 11.4. The van der Waals surface area contributed by atoms with Crippen molar-refractivity contribution >= 4 is 11.6 Å². The molecule has 0 fully saturated rings. The van der Waals surface area contributed by atoms with Crippen LogP contribution in [0.15, 0.2) is 42.7 Å². The monoisotopic (exact) mass is 381 g/mol. The highest BCUT2D eigenvalue weighted by Gasteiger charge is 2.14. The van der Waals surface area contributed by atoms with E-state index in [4.69, 9.17) is 4.74 Å². The molecular weight excluding hydrogens is 354 g/mol. The first-order valence-corrected chi connectivity index (χ1v) is 9.38. The lowest BCUT2D eigenvalue weighted by Crippen LogP contribution is -2.15. The Bertz CT molecular complexity index is 948. The Balaban J connectivity index is 1.59. The topological polar surface area (TPSA) is 74.0 Å². The number of nitrogens with zero attached hydrogens (tertiary/aromatic N) is 4. The number of ether oxygens (including phenoxy) is 1. The molecule has 1 N–H and O–H groups in total. The number of amides is 1. The Hall–Kier alpha value is -3.09. The van der Waals surface area contributed by atoms with Crippen LogP contribution in [0.5, 0.6) is 5.75 Å². The van der Waals surface area contributed by atoms with Crippen molar-refractivity contribution in [1.29, 1.82) is 0 Å². The van der Waals surface area contributed by atoms with Crippen LogP contribution in [0.3, 0.4) is 0 Å². The molecule has 1 amide bonds. The highest BCUT2D eigenvalue weighted by molar-refractivity contribution is 6.03. The van der Waals surface area contributed by atoms with Gasteiger partial charge in [0.1, 0.15) is 5.75 Å². The Morgan fingerprint density at radius 3 is 2.50 bits per heavy atom. The summed E-state index contributed by atoms with van der Waals surface area (Å²) in [6.07, 6.45) is 3.37. The molecule has 2 heterocycles. The SMILES string of the molecule is CCn1ncc(NC(=O)c2ccn(COc3ccc(C(C)(C)C)cc3)n2)c1C. The number of aryl methyl sites for hydroxylation is 1. The molecule has 1 aromatic carbocycles. The second kappa shape index (κ2) is 7.88. The van der Waals surface area contributed by atoms with E-state index in [0.29, 0.717) is 11.4 Å². The molecule has 28 heavy (non-hydrogen) atoms. The predicted octanol–water partition coefficient (Wildman–Crippen LogP) is 3.99. The van der Waals surface area contributed by atoms with Gasteiger partial charge in [-0.2, -0.15) is 10.2 Å². The molecule has 0 saturated carbocycles. The van der Waals surface area contributed by atoms with Crippen LogP contribution in [-0.2, 0) is 18.7 Å². The lowest BCUT2D eigenvalue weighted by atomic mass is 9.87. The Morgan fingerprint density at radius 1 is 1.18 bits per heavy atom. The molecule has 0 aliphatic heterocycles. The number of aromatic nitrogens is 4. The van der Waals surface area contributed by atoms with Gasteiger partial charge in [0.15, 0.2) is 12.4 Å². The van der Waals surface area contributed by atoms with Gasteiger partial charge in [-0.3, -0.25) is 9.48 Å². The zero-order chi connectivity index (χ0) is 20.3. The van der Waals surface area contributed by atoms with Crippen LogP contribution in [0.2, 0.25) is 0 Å². The summed E-state index contributed by atoms with van der Waals surface area (Å²) in [4.78, 5) is 12.4. The summed E-state index contributed by atoms with van der Waals surface area (Å²) in [5, 5.41) is 11.4. The summed E-state index contributed by atoms with van der Waals surface area (Å²) < 4.78 is 9.18. The highest BCUT2D eigenvalue weighted by atomic mass is 16.5. The number of nitrogens with one attached hydrogen (secondary N) is 1. The average molecular weight is 381 g/mol. The molecule has 7 nitrogen and oxygen atoms in total. The van der Waals surface area contributed by atoms with Gasteiger partial charge < -0.3 is 10.1 Å². The number of anilines is 1. The smallest absolute Gasteiger partial charge is 0.276 e. The number of hydrogen-bond acceptors (Lipinski definition) is 4. The first kappa shape index (κ1) is 19.7. The van der Waals surface area contributed by atoms with E-state index < -0.39 is 0 Å². The first-order valence-electron chi connectivity index (χ1n) is 9.38. The van der Waals surface area contributed by atoms with Crippen LogP contribution in [0.4, 0.5) is 5.69 Å². The van der Waals surface area contributed by atoms with E-state index in [1.807, 2.05) is 30.7 Å². The predicted molar refractivity (Wildman–Crippen MR) is 109 cm³/mol. The maximum atomic E-state index is 12.4. The lowest BCUT2D eigenvalue weighted by Gasteiger charge is -2.19. The fourth-order valence-electron chi connectivity index (χ4n) is 2.82. The van der Waals surface area contributed by atoms with E-state index in [1.165, 1.54) is 5.56 Å². The second-order valence-corrected chi connectivity index (χ2v) is 7.70. The van der Waals surface area contributed by atoms with Gasteiger partial charge in [-0.1, -0.05) is 32.9 Å². The van der Waals surface area contributed by atoms with E-state index in [0.717, 1.165) is 18.0 Å². The average Bonchev–Trinajstić information content (AvgIpc) is 3.27. The molecule has 3 rings (SSSR count). The molecule has 0 saturated heterocycles. The molecule has 0 unspecified atom stereocenters. The quantitative estimate of drug-likeness (QED) is 0.700. The molecule has 0 aliphatic carbocycles. The van der Waals surface area contributed by atoms with E-state index in [-0.39, 0.29) is 18.1 Å². The van der Waals surface area contributed by atoms with E-state index >= 15 is 0 Å². The second-order valence-electron chi connectivity index (χ2n) is 7.70. The van der Waals surface area contributed by atoms with Gasteiger partial charge in [0.2, 0.25) is 0 Å². The maximum absolute atomic E-state index is 12.4. The van der Waals surface area contributed by atoms with Crippen LogP contribution in [-0.4, -0.2) is 25.5 Å². The van der Waals surface area contributed by atoms with Crippen LogP contribution in [0.1, 0.15) is 49.4 Å². The van der Waals surface area contributed by atoms with E-state index in [2.05, 4.69) is 48.4 Å². The minimum atomic E-state index is -0.271. The summed E-state index contributed by atoms with van der Waals surface area (Å²) in [5.41, 5.74) is 3.29. The molecule has 0 atom stereocenters.